The molecule has 3 rings (SSSR count). The van der Waals surface area contributed by atoms with Gasteiger partial charge in [0.2, 0.25) is 0 Å². The van der Waals surface area contributed by atoms with Gasteiger partial charge >= 0.3 is 0 Å². The molecule has 0 aliphatic carbocycles. The maximum atomic E-state index is 14.0. The van der Waals surface area contributed by atoms with E-state index in [9.17, 15) is 4.39 Å². The lowest BCUT2D eigenvalue weighted by Gasteiger charge is -2.37. The summed E-state index contributed by atoms with van der Waals surface area (Å²) < 4.78 is 14.0. The van der Waals surface area contributed by atoms with Crippen LogP contribution in [0.1, 0.15) is 25.5 Å². The summed E-state index contributed by atoms with van der Waals surface area (Å²) >= 11 is 0. The molecule has 1 fully saturated rings. The number of guanidine groups is 1. The molecule has 3 atom stereocenters. The van der Waals surface area contributed by atoms with Crippen molar-refractivity contribution in [2.24, 2.45) is 10.9 Å². The Kier molecular flexibility index (Phi) is 2.73. The van der Waals surface area contributed by atoms with E-state index in [1.807, 2.05) is 12.1 Å². The molecule has 4 heteroatoms. The van der Waals surface area contributed by atoms with Crippen LogP contribution in [0.2, 0.25) is 0 Å². The van der Waals surface area contributed by atoms with E-state index in [4.69, 9.17) is 0 Å². The fourth-order valence-electron chi connectivity index (χ4n) is 2.94. The SMILES string of the molecule is CC1CN2C(=NCC(C)C2c2ccccc2F)N1. The van der Waals surface area contributed by atoms with Crippen LogP contribution in [-0.4, -0.2) is 30.0 Å². The van der Waals surface area contributed by atoms with Gasteiger partial charge in [0.15, 0.2) is 5.96 Å². The molecule has 1 aromatic rings. The molecule has 1 aromatic carbocycles. The van der Waals surface area contributed by atoms with Gasteiger partial charge in [0.1, 0.15) is 5.82 Å². The number of hydrogen-bond donors (Lipinski definition) is 1. The van der Waals surface area contributed by atoms with Crippen molar-refractivity contribution < 1.29 is 4.39 Å². The van der Waals surface area contributed by atoms with Crippen LogP contribution in [0.25, 0.3) is 0 Å². The molecule has 3 nitrogen and oxygen atoms in total. The second-order valence-corrected chi connectivity index (χ2v) is 5.31. The largest absolute Gasteiger partial charge is 0.352 e. The zero-order valence-electron chi connectivity index (χ0n) is 10.7. The Labute approximate surface area is 107 Å². The number of rotatable bonds is 1. The standard InChI is InChI=1S/C14H18FN3/c1-9-7-16-14-17-10(2)8-18(14)13(9)11-5-3-4-6-12(11)15/h3-6,9-10,13H,7-8H2,1-2H3,(H,16,17). The minimum atomic E-state index is -0.116. The quantitative estimate of drug-likeness (QED) is 0.823. The maximum absolute atomic E-state index is 14.0. The van der Waals surface area contributed by atoms with Crippen molar-refractivity contribution in [2.75, 3.05) is 13.1 Å². The molecule has 2 heterocycles. The van der Waals surface area contributed by atoms with Gasteiger partial charge in [0.05, 0.1) is 6.04 Å². The highest BCUT2D eigenvalue weighted by Crippen LogP contribution is 2.35. The number of nitrogens with one attached hydrogen (secondary N) is 1. The number of nitrogens with zero attached hydrogens (tertiary/aromatic N) is 2. The van der Waals surface area contributed by atoms with Crippen molar-refractivity contribution in [3.8, 4) is 0 Å². The molecular weight excluding hydrogens is 229 g/mol. The molecule has 2 aliphatic rings. The van der Waals surface area contributed by atoms with E-state index in [0.29, 0.717) is 12.0 Å². The van der Waals surface area contributed by atoms with Crippen LogP contribution in [0.3, 0.4) is 0 Å². The average Bonchev–Trinajstić information content (AvgIpc) is 2.71. The van der Waals surface area contributed by atoms with Crippen LogP contribution in [-0.2, 0) is 0 Å². The molecule has 0 bridgehead atoms. The van der Waals surface area contributed by atoms with Crippen molar-refractivity contribution in [1.82, 2.24) is 10.2 Å². The van der Waals surface area contributed by atoms with Gasteiger partial charge in [-0.1, -0.05) is 25.1 Å². The van der Waals surface area contributed by atoms with Crippen molar-refractivity contribution in [3.63, 3.8) is 0 Å². The molecule has 3 unspecified atom stereocenters. The van der Waals surface area contributed by atoms with Gasteiger partial charge in [-0.25, -0.2) is 4.39 Å². The Bertz CT molecular complexity index is 486. The molecule has 18 heavy (non-hydrogen) atoms. The van der Waals surface area contributed by atoms with Crippen molar-refractivity contribution in [1.29, 1.82) is 0 Å². The third-order valence-electron chi connectivity index (χ3n) is 3.75. The highest BCUT2D eigenvalue weighted by molar-refractivity contribution is 5.83. The number of aliphatic imine (C=N–C) groups is 1. The molecule has 0 aromatic heterocycles. The summed E-state index contributed by atoms with van der Waals surface area (Å²) in [6, 6.07) is 7.55. The minimum Gasteiger partial charge on any atom is -0.352 e. The summed E-state index contributed by atoms with van der Waals surface area (Å²) in [5.74, 6) is 1.14. The third kappa shape index (κ3) is 1.76. The highest BCUT2D eigenvalue weighted by atomic mass is 19.1. The lowest BCUT2D eigenvalue weighted by molar-refractivity contribution is 0.234. The van der Waals surface area contributed by atoms with Crippen LogP contribution in [0.4, 0.5) is 4.39 Å². The van der Waals surface area contributed by atoms with Crippen molar-refractivity contribution >= 4 is 5.96 Å². The zero-order chi connectivity index (χ0) is 12.7. The van der Waals surface area contributed by atoms with Crippen LogP contribution in [0.15, 0.2) is 29.3 Å². The van der Waals surface area contributed by atoms with E-state index in [-0.39, 0.29) is 11.9 Å². The number of fused-ring (bicyclic) bond motifs is 1. The smallest absolute Gasteiger partial charge is 0.194 e. The molecule has 0 amide bonds. The van der Waals surface area contributed by atoms with Crippen LogP contribution in [0.5, 0.6) is 0 Å². The lowest BCUT2D eigenvalue weighted by atomic mass is 9.91. The minimum absolute atomic E-state index is 0.0937. The second kappa shape index (κ2) is 4.26. The first-order valence-corrected chi connectivity index (χ1v) is 6.49. The summed E-state index contributed by atoms with van der Waals surface area (Å²) in [5, 5.41) is 3.35. The Balaban J connectivity index is 2.00. The fourth-order valence-corrected chi connectivity index (χ4v) is 2.94. The fraction of sp³-hybridized carbons (Fsp3) is 0.500. The first-order chi connectivity index (χ1) is 8.66. The van der Waals surface area contributed by atoms with Gasteiger partial charge in [0, 0.05) is 30.6 Å². The van der Waals surface area contributed by atoms with Crippen LogP contribution in [0, 0.1) is 11.7 Å². The Morgan fingerprint density at radius 2 is 2.11 bits per heavy atom. The average molecular weight is 247 g/mol. The van der Waals surface area contributed by atoms with E-state index in [1.165, 1.54) is 0 Å². The maximum Gasteiger partial charge on any atom is 0.194 e. The predicted molar refractivity (Wildman–Crippen MR) is 69.9 cm³/mol. The van der Waals surface area contributed by atoms with Gasteiger partial charge in [-0.15, -0.1) is 0 Å². The number of benzene rings is 1. The van der Waals surface area contributed by atoms with Gasteiger partial charge < -0.3 is 10.2 Å². The van der Waals surface area contributed by atoms with E-state index >= 15 is 0 Å². The van der Waals surface area contributed by atoms with Crippen molar-refractivity contribution in [2.45, 2.75) is 25.9 Å². The first-order valence-electron chi connectivity index (χ1n) is 6.49. The lowest BCUT2D eigenvalue weighted by Crippen LogP contribution is -2.42. The Morgan fingerprint density at radius 3 is 2.89 bits per heavy atom. The van der Waals surface area contributed by atoms with E-state index in [0.717, 1.165) is 24.6 Å². The Morgan fingerprint density at radius 1 is 1.33 bits per heavy atom. The molecule has 1 saturated heterocycles. The summed E-state index contributed by atoms with van der Waals surface area (Å²) in [4.78, 5) is 6.74. The van der Waals surface area contributed by atoms with Gasteiger partial charge in [-0.2, -0.15) is 0 Å². The summed E-state index contributed by atoms with van der Waals surface area (Å²) in [6.45, 7) is 5.91. The molecule has 0 saturated carbocycles. The molecule has 2 aliphatic heterocycles. The number of halogens is 1. The van der Waals surface area contributed by atoms with Crippen LogP contribution < -0.4 is 5.32 Å². The van der Waals surface area contributed by atoms with Gasteiger partial charge in [-0.05, 0) is 13.0 Å². The van der Waals surface area contributed by atoms with E-state index < -0.39 is 0 Å². The molecule has 96 valence electrons. The summed E-state index contributed by atoms with van der Waals surface area (Å²) in [5.41, 5.74) is 0.785. The Hall–Kier alpha value is -1.58. The number of hydrogen-bond acceptors (Lipinski definition) is 3. The molecular formula is C14H18FN3. The normalized spacial score (nSPS) is 30.7. The first kappa shape index (κ1) is 11.5. The third-order valence-corrected chi connectivity index (χ3v) is 3.75. The second-order valence-electron chi connectivity index (χ2n) is 5.31. The zero-order valence-corrected chi connectivity index (χ0v) is 10.7. The van der Waals surface area contributed by atoms with Crippen molar-refractivity contribution in [3.05, 3.63) is 35.6 Å². The van der Waals surface area contributed by atoms with Crippen LogP contribution >= 0.6 is 0 Å². The molecule has 0 spiro atoms. The van der Waals surface area contributed by atoms with E-state index in [1.54, 1.807) is 12.1 Å². The van der Waals surface area contributed by atoms with Gasteiger partial charge in [0.25, 0.3) is 0 Å². The topological polar surface area (TPSA) is 27.6 Å². The molecule has 1 N–H and O–H groups in total. The summed E-state index contributed by atoms with van der Waals surface area (Å²) in [7, 11) is 0. The highest BCUT2D eigenvalue weighted by Gasteiger charge is 2.38. The monoisotopic (exact) mass is 247 g/mol. The van der Waals surface area contributed by atoms with Gasteiger partial charge in [-0.3, -0.25) is 4.99 Å². The molecule has 0 radical (unpaired) electrons. The summed E-state index contributed by atoms with van der Waals surface area (Å²) in [6.07, 6.45) is 0. The predicted octanol–water partition coefficient (Wildman–Crippen LogP) is 2.17. The van der Waals surface area contributed by atoms with E-state index in [2.05, 4.69) is 29.1 Å².